The van der Waals surface area contributed by atoms with Crippen LogP contribution >= 0.6 is 11.3 Å². The Morgan fingerprint density at radius 1 is 1.00 bits per heavy atom. The highest BCUT2D eigenvalue weighted by molar-refractivity contribution is 7.15. The average molecular weight is 296 g/mol. The van der Waals surface area contributed by atoms with Crippen LogP contribution in [0, 0.1) is 6.92 Å². The van der Waals surface area contributed by atoms with Gasteiger partial charge in [-0.1, -0.05) is 36.4 Å². The van der Waals surface area contributed by atoms with E-state index in [0.717, 1.165) is 22.3 Å². The molecule has 1 N–H and O–H groups in total. The molecule has 1 aromatic heterocycles. The minimum Gasteiger partial charge on any atom is -0.487 e. The predicted molar refractivity (Wildman–Crippen MR) is 87.3 cm³/mol. The van der Waals surface area contributed by atoms with Crippen LogP contribution in [0.3, 0.4) is 0 Å². The minimum absolute atomic E-state index is 0.489. The van der Waals surface area contributed by atoms with E-state index >= 15 is 0 Å². The van der Waals surface area contributed by atoms with Crippen molar-refractivity contribution in [1.29, 1.82) is 0 Å². The average Bonchev–Trinajstić information content (AvgIpc) is 2.87. The third kappa shape index (κ3) is 3.61. The summed E-state index contributed by atoms with van der Waals surface area (Å²) >= 11 is 1.64. The largest absolute Gasteiger partial charge is 0.487 e. The summed E-state index contributed by atoms with van der Waals surface area (Å²) in [4.78, 5) is 5.77. The summed E-state index contributed by atoms with van der Waals surface area (Å²) in [6, 6.07) is 19.9. The Bertz CT molecular complexity index is 695. The molecular formula is C17H16N2OS. The third-order valence-electron chi connectivity index (χ3n) is 3.04. The molecule has 2 aromatic carbocycles. The SMILES string of the molecule is Cc1sc(Nc2ccccc2)nc1COc1ccccc1. The van der Waals surface area contributed by atoms with Crippen molar-refractivity contribution in [2.75, 3.05) is 5.32 Å². The standard InChI is InChI=1S/C17H16N2OS/c1-13-16(12-20-15-10-6-3-7-11-15)19-17(21-13)18-14-8-4-2-5-9-14/h2-11H,12H2,1H3,(H,18,19). The molecule has 1 heterocycles. The van der Waals surface area contributed by atoms with Crippen LogP contribution in [0.4, 0.5) is 10.8 Å². The van der Waals surface area contributed by atoms with Crippen molar-refractivity contribution in [3.05, 3.63) is 71.2 Å². The van der Waals surface area contributed by atoms with Gasteiger partial charge in [0.15, 0.2) is 5.13 Å². The van der Waals surface area contributed by atoms with Crippen molar-refractivity contribution >= 4 is 22.2 Å². The van der Waals surface area contributed by atoms with Crippen molar-refractivity contribution in [2.45, 2.75) is 13.5 Å². The number of benzene rings is 2. The molecule has 0 bridgehead atoms. The van der Waals surface area contributed by atoms with Gasteiger partial charge in [-0.2, -0.15) is 0 Å². The Hall–Kier alpha value is -2.33. The van der Waals surface area contributed by atoms with Gasteiger partial charge in [-0.25, -0.2) is 4.98 Å². The van der Waals surface area contributed by atoms with Crippen LogP contribution in [0.2, 0.25) is 0 Å². The van der Waals surface area contributed by atoms with Gasteiger partial charge >= 0.3 is 0 Å². The molecule has 0 atom stereocenters. The van der Waals surface area contributed by atoms with Gasteiger partial charge < -0.3 is 10.1 Å². The van der Waals surface area contributed by atoms with E-state index in [1.165, 1.54) is 4.88 Å². The molecule has 0 spiro atoms. The van der Waals surface area contributed by atoms with Crippen LogP contribution < -0.4 is 10.1 Å². The number of aryl methyl sites for hydroxylation is 1. The zero-order valence-corrected chi connectivity index (χ0v) is 12.6. The summed E-state index contributed by atoms with van der Waals surface area (Å²) in [5.41, 5.74) is 2.02. The van der Waals surface area contributed by atoms with Gasteiger partial charge in [0.05, 0.1) is 5.69 Å². The number of anilines is 2. The zero-order chi connectivity index (χ0) is 14.5. The van der Waals surface area contributed by atoms with E-state index in [2.05, 4.69) is 17.2 Å². The first kappa shape index (κ1) is 13.6. The number of aromatic nitrogens is 1. The Morgan fingerprint density at radius 3 is 2.38 bits per heavy atom. The maximum absolute atomic E-state index is 5.75. The van der Waals surface area contributed by atoms with Crippen molar-refractivity contribution in [3.8, 4) is 5.75 Å². The van der Waals surface area contributed by atoms with E-state index in [1.807, 2.05) is 60.7 Å². The number of nitrogens with one attached hydrogen (secondary N) is 1. The molecule has 0 saturated heterocycles. The molecule has 0 aliphatic rings. The van der Waals surface area contributed by atoms with Gasteiger partial charge in [0.1, 0.15) is 12.4 Å². The summed E-state index contributed by atoms with van der Waals surface area (Å²) in [5.74, 6) is 0.863. The number of para-hydroxylation sites is 2. The van der Waals surface area contributed by atoms with Crippen molar-refractivity contribution < 1.29 is 4.74 Å². The molecule has 3 nitrogen and oxygen atoms in total. The first-order valence-corrected chi connectivity index (χ1v) is 7.59. The van der Waals surface area contributed by atoms with E-state index in [9.17, 15) is 0 Å². The maximum Gasteiger partial charge on any atom is 0.187 e. The Labute approximate surface area is 128 Å². The van der Waals surface area contributed by atoms with E-state index in [4.69, 9.17) is 4.74 Å². The molecule has 0 fully saturated rings. The number of hydrogen-bond donors (Lipinski definition) is 1. The Morgan fingerprint density at radius 2 is 1.67 bits per heavy atom. The lowest BCUT2D eigenvalue weighted by Gasteiger charge is -2.04. The van der Waals surface area contributed by atoms with Gasteiger partial charge in [0.2, 0.25) is 0 Å². The predicted octanol–water partition coefficient (Wildman–Crippen LogP) is 4.77. The number of thiazole rings is 1. The van der Waals surface area contributed by atoms with Crippen LogP contribution in [-0.4, -0.2) is 4.98 Å². The van der Waals surface area contributed by atoms with Gasteiger partial charge in [0.25, 0.3) is 0 Å². The first-order chi connectivity index (χ1) is 10.3. The van der Waals surface area contributed by atoms with Crippen LogP contribution in [0.15, 0.2) is 60.7 Å². The smallest absolute Gasteiger partial charge is 0.187 e. The molecule has 0 amide bonds. The molecule has 0 aliphatic heterocycles. The Kier molecular flexibility index (Phi) is 4.17. The summed E-state index contributed by atoms with van der Waals surface area (Å²) in [7, 11) is 0. The van der Waals surface area contributed by atoms with Crippen molar-refractivity contribution in [2.24, 2.45) is 0 Å². The topological polar surface area (TPSA) is 34.2 Å². The van der Waals surface area contributed by atoms with Crippen LogP contribution in [-0.2, 0) is 6.61 Å². The molecule has 0 radical (unpaired) electrons. The normalized spacial score (nSPS) is 10.3. The van der Waals surface area contributed by atoms with E-state index in [0.29, 0.717) is 6.61 Å². The highest BCUT2D eigenvalue weighted by Gasteiger charge is 2.08. The number of hydrogen-bond acceptors (Lipinski definition) is 4. The monoisotopic (exact) mass is 296 g/mol. The number of ether oxygens (including phenoxy) is 1. The zero-order valence-electron chi connectivity index (χ0n) is 11.7. The fraction of sp³-hybridized carbons (Fsp3) is 0.118. The second-order valence-electron chi connectivity index (χ2n) is 4.61. The summed E-state index contributed by atoms with van der Waals surface area (Å²) < 4.78 is 5.75. The van der Waals surface area contributed by atoms with Crippen molar-refractivity contribution in [3.63, 3.8) is 0 Å². The third-order valence-corrected chi connectivity index (χ3v) is 3.96. The van der Waals surface area contributed by atoms with Crippen LogP contribution in [0.25, 0.3) is 0 Å². The molecule has 0 aliphatic carbocycles. The van der Waals surface area contributed by atoms with Gasteiger partial charge in [-0.3, -0.25) is 0 Å². The highest BCUT2D eigenvalue weighted by atomic mass is 32.1. The lowest BCUT2D eigenvalue weighted by Crippen LogP contribution is -1.97. The lowest BCUT2D eigenvalue weighted by atomic mass is 10.3. The summed E-state index contributed by atoms with van der Waals surface area (Å²) in [5, 5.41) is 4.21. The molecule has 21 heavy (non-hydrogen) atoms. The fourth-order valence-corrected chi connectivity index (χ4v) is 2.77. The first-order valence-electron chi connectivity index (χ1n) is 6.77. The maximum atomic E-state index is 5.75. The van der Waals surface area contributed by atoms with Gasteiger partial charge in [-0.05, 0) is 31.2 Å². The molecule has 3 aromatic rings. The Balaban J connectivity index is 1.67. The molecule has 3 rings (SSSR count). The van der Waals surface area contributed by atoms with Gasteiger partial charge in [0, 0.05) is 10.6 Å². The van der Waals surface area contributed by atoms with Crippen molar-refractivity contribution in [1.82, 2.24) is 4.98 Å². The minimum atomic E-state index is 0.489. The molecule has 0 saturated carbocycles. The molecule has 106 valence electrons. The van der Waals surface area contributed by atoms with Gasteiger partial charge in [-0.15, -0.1) is 11.3 Å². The number of nitrogens with zero attached hydrogens (tertiary/aromatic N) is 1. The molecule has 4 heteroatoms. The molecular weight excluding hydrogens is 280 g/mol. The second-order valence-corrected chi connectivity index (χ2v) is 5.82. The fourth-order valence-electron chi connectivity index (χ4n) is 1.93. The summed E-state index contributed by atoms with van der Waals surface area (Å²) in [6.45, 7) is 2.56. The number of rotatable bonds is 5. The van der Waals surface area contributed by atoms with Crippen LogP contribution in [0.1, 0.15) is 10.6 Å². The summed E-state index contributed by atoms with van der Waals surface area (Å²) in [6.07, 6.45) is 0. The van der Waals surface area contributed by atoms with E-state index < -0.39 is 0 Å². The van der Waals surface area contributed by atoms with E-state index in [-0.39, 0.29) is 0 Å². The molecule has 0 unspecified atom stereocenters. The van der Waals surface area contributed by atoms with Crippen LogP contribution in [0.5, 0.6) is 5.75 Å². The quantitative estimate of drug-likeness (QED) is 0.736. The van der Waals surface area contributed by atoms with E-state index in [1.54, 1.807) is 11.3 Å². The lowest BCUT2D eigenvalue weighted by molar-refractivity contribution is 0.301. The highest BCUT2D eigenvalue weighted by Crippen LogP contribution is 2.26. The second kappa shape index (κ2) is 6.41.